The van der Waals surface area contributed by atoms with Crippen LogP contribution in [0.4, 0.5) is 0 Å². The predicted octanol–water partition coefficient (Wildman–Crippen LogP) is 0.252. The van der Waals surface area contributed by atoms with Crippen LogP contribution in [-0.4, -0.2) is 29.3 Å². The first kappa shape index (κ1) is 8.25. The van der Waals surface area contributed by atoms with Crippen LogP contribution in [0.5, 0.6) is 5.88 Å². The molecule has 13 heavy (non-hydrogen) atoms. The van der Waals surface area contributed by atoms with Gasteiger partial charge < -0.3 is 10.1 Å². The lowest BCUT2D eigenvalue weighted by molar-refractivity contribution is 0.0957. The largest absolute Gasteiger partial charge is 0.474 e. The molecule has 0 bridgehead atoms. The van der Waals surface area contributed by atoms with E-state index in [0.717, 1.165) is 0 Å². The lowest BCUT2D eigenvalue weighted by Crippen LogP contribution is -2.24. The summed E-state index contributed by atoms with van der Waals surface area (Å²) in [4.78, 5) is 11.3. The predicted molar refractivity (Wildman–Crippen MR) is 44.9 cm³/mol. The van der Waals surface area contributed by atoms with E-state index in [1.165, 1.54) is 6.07 Å². The van der Waals surface area contributed by atoms with Crippen LogP contribution in [0, 0.1) is 0 Å². The van der Waals surface area contributed by atoms with Gasteiger partial charge in [0.25, 0.3) is 5.91 Å². The van der Waals surface area contributed by atoms with Gasteiger partial charge >= 0.3 is 0 Å². The van der Waals surface area contributed by atoms with E-state index >= 15 is 0 Å². The standard InChI is InChI=1S/C7H6ClN3O2/c8-5-3-4-6(12)9-1-2-13-7(4)11-10-5/h3H,1-2H2,(H,9,12). The van der Waals surface area contributed by atoms with E-state index in [0.29, 0.717) is 18.7 Å². The number of fused-ring (bicyclic) bond motifs is 1. The van der Waals surface area contributed by atoms with Gasteiger partial charge in [-0.3, -0.25) is 4.79 Å². The molecule has 0 saturated carbocycles. The first-order valence-electron chi connectivity index (χ1n) is 3.71. The van der Waals surface area contributed by atoms with Gasteiger partial charge in [0.15, 0.2) is 5.15 Å². The molecule has 1 amide bonds. The van der Waals surface area contributed by atoms with Gasteiger partial charge in [-0.1, -0.05) is 11.6 Å². The quantitative estimate of drug-likeness (QED) is 0.651. The molecule has 2 heterocycles. The van der Waals surface area contributed by atoms with Crippen molar-refractivity contribution in [3.8, 4) is 5.88 Å². The highest BCUT2D eigenvalue weighted by molar-refractivity contribution is 6.29. The Morgan fingerprint density at radius 3 is 3.23 bits per heavy atom. The third-order valence-electron chi connectivity index (χ3n) is 1.60. The van der Waals surface area contributed by atoms with Crippen molar-refractivity contribution in [3.05, 3.63) is 16.8 Å². The van der Waals surface area contributed by atoms with Crippen molar-refractivity contribution < 1.29 is 9.53 Å². The van der Waals surface area contributed by atoms with Crippen LogP contribution in [0.25, 0.3) is 0 Å². The summed E-state index contributed by atoms with van der Waals surface area (Å²) in [5, 5.41) is 10.1. The highest BCUT2D eigenvalue weighted by Gasteiger charge is 2.18. The second-order valence-electron chi connectivity index (χ2n) is 2.49. The van der Waals surface area contributed by atoms with Gasteiger partial charge in [-0.25, -0.2) is 0 Å². The number of ether oxygens (including phenoxy) is 1. The Hall–Kier alpha value is -1.36. The molecule has 0 aromatic carbocycles. The fourth-order valence-corrected chi connectivity index (χ4v) is 1.18. The summed E-state index contributed by atoms with van der Waals surface area (Å²) < 4.78 is 5.16. The molecule has 1 aliphatic heterocycles. The van der Waals surface area contributed by atoms with Crippen LogP contribution < -0.4 is 10.1 Å². The van der Waals surface area contributed by atoms with Crippen molar-refractivity contribution >= 4 is 17.5 Å². The number of halogens is 1. The molecule has 0 unspecified atom stereocenters. The third-order valence-corrected chi connectivity index (χ3v) is 1.79. The molecule has 6 heteroatoms. The number of nitrogens with one attached hydrogen (secondary N) is 1. The number of carbonyl (C=O) groups excluding carboxylic acids is 1. The third kappa shape index (κ3) is 1.55. The maximum Gasteiger partial charge on any atom is 0.257 e. The molecular formula is C7H6ClN3O2. The fraction of sp³-hybridized carbons (Fsp3) is 0.286. The Kier molecular flexibility index (Phi) is 2.02. The van der Waals surface area contributed by atoms with Crippen LogP contribution in [0.2, 0.25) is 5.15 Å². The Bertz CT molecular complexity index is 356. The second kappa shape index (κ2) is 3.18. The fourth-order valence-electron chi connectivity index (χ4n) is 1.03. The molecule has 1 aromatic heterocycles. The van der Waals surface area contributed by atoms with Gasteiger partial charge in [-0.05, 0) is 6.07 Å². The van der Waals surface area contributed by atoms with Crippen molar-refractivity contribution in [2.75, 3.05) is 13.2 Å². The summed E-state index contributed by atoms with van der Waals surface area (Å²) >= 11 is 5.59. The number of carbonyl (C=O) groups is 1. The topological polar surface area (TPSA) is 64.1 Å². The molecule has 0 atom stereocenters. The van der Waals surface area contributed by atoms with Gasteiger partial charge in [0.1, 0.15) is 12.2 Å². The van der Waals surface area contributed by atoms with Crippen molar-refractivity contribution in [1.82, 2.24) is 15.5 Å². The molecule has 0 spiro atoms. The monoisotopic (exact) mass is 199 g/mol. The average Bonchev–Trinajstić information content (AvgIpc) is 2.29. The lowest BCUT2D eigenvalue weighted by Gasteiger charge is -2.01. The molecular weight excluding hydrogens is 194 g/mol. The van der Waals surface area contributed by atoms with E-state index in [-0.39, 0.29) is 16.9 Å². The van der Waals surface area contributed by atoms with Crippen molar-refractivity contribution in [1.29, 1.82) is 0 Å². The minimum atomic E-state index is -0.232. The maximum absolute atomic E-state index is 11.3. The van der Waals surface area contributed by atoms with Crippen molar-refractivity contribution in [2.45, 2.75) is 0 Å². The normalized spacial score (nSPS) is 15.3. The van der Waals surface area contributed by atoms with Gasteiger partial charge in [0.05, 0.1) is 6.54 Å². The summed E-state index contributed by atoms with van der Waals surface area (Å²) in [7, 11) is 0. The number of hydrogen-bond acceptors (Lipinski definition) is 4. The highest BCUT2D eigenvalue weighted by atomic mass is 35.5. The first-order chi connectivity index (χ1) is 6.27. The number of hydrogen-bond donors (Lipinski definition) is 1. The average molecular weight is 200 g/mol. The van der Waals surface area contributed by atoms with E-state index in [2.05, 4.69) is 15.5 Å². The minimum absolute atomic E-state index is 0.180. The lowest BCUT2D eigenvalue weighted by atomic mass is 10.3. The Labute approximate surface area is 79.1 Å². The number of amides is 1. The summed E-state index contributed by atoms with van der Waals surface area (Å²) in [6.45, 7) is 0.863. The van der Waals surface area contributed by atoms with E-state index in [9.17, 15) is 4.79 Å². The molecule has 0 saturated heterocycles. The Morgan fingerprint density at radius 2 is 2.38 bits per heavy atom. The minimum Gasteiger partial charge on any atom is -0.474 e. The zero-order valence-electron chi connectivity index (χ0n) is 6.58. The molecule has 1 N–H and O–H groups in total. The van der Waals surface area contributed by atoms with E-state index < -0.39 is 0 Å². The molecule has 1 aromatic rings. The van der Waals surface area contributed by atoms with Crippen LogP contribution in [0.3, 0.4) is 0 Å². The van der Waals surface area contributed by atoms with Crippen molar-refractivity contribution in [2.24, 2.45) is 0 Å². The number of aromatic nitrogens is 2. The van der Waals surface area contributed by atoms with Gasteiger partial charge in [0, 0.05) is 0 Å². The van der Waals surface area contributed by atoms with Crippen LogP contribution >= 0.6 is 11.6 Å². The van der Waals surface area contributed by atoms with Crippen LogP contribution in [-0.2, 0) is 0 Å². The van der Waals surface area contributed by atoms with E-state index in [1.54, 1.807) is 0 Å². The number of nitrogens with zero attached hydrogens (tertiary/aromatic N) is 2. The van der Waals surface area contributed by atoms with Gasteiger partial charge in [0.2, 0.25) is 5.88 Å². The highest BCUT2D eigenvalue weighted by Crippen LogP contribution is 2.18. The van der Waals surface area contributed by atoms with Gasteiger partial charge in [-0.2, -0.15) is 0 Å². The summed E-state index contributed by atoms with van der Waals surface area (Å²) in [5.41, 5.74) is 0.331. The van der Waals surface area contributed by atoms with Crippen LogP contribution in [0.15, 0.2) is 6.07 Å². The number of rotatable bonds is 0. The second-order valence-corrected chi connectivity index (χ2v) is 2.88. The SMILES string of the molecule is O=C1NCCOc2nnc(Cl)cc21. The van der Waals surface area contributed by atoms with E-state index in [1.807, 2.05) is 0 Å². The molecule has 0 radical (unpaired) electrons. The smallest absolute Gasteiger partial charge is 0.257 e. The first-order valence-corrected chi connectivity index (χ1v) is 4.09. The summed E-state index contributed by atoms with van der Waals surface area (Å²) in [6.07, 6.45) is 0. The molecule has 0 fully saturated rings. The van der Waals surface area contributed by atoms with Crippen molar-refractivity contribution in [3.63, 3.8) is 0 Å². The molecule has 1 aliphatic rings. The zero-order valence-corrected chi connectivity index (χ0v) is 7.34. The molecule has 68 valence electrons. The molecule has 2 rings (SSSR count). The van der Waals surface area contributed by atoms with Crippen LogP contribution in [0.1, 0.15) is 10.4 Å². The maximum atomic E-state index is 11.3. The Balaban J connectivity index is 2.49. The molecule has 5 nitrogen and oxygen atoms in total. The molecule has 0 aliphatic carbocycles. The Morgan fingerprint density at radius 1 is 1.54 bits per heavy atom. The zero-order chi connectivity index (χ0) is 9.26. The summed E-state index contributed by atoms with van der Waals surface area (Å²) in [5.74, 6) is 0.00343. The summed E-state index contributed by atoms with van der Waals surface area (Å²) in [6, 6.07) is 1.44. The van der Waals surface area contributed by atoms with E-state index in [4.69, 9.17) is 16.3 Å². The van der Waals surface area contributed by atoms with Gasteiger partial charge in [-0.15, -0.1) is 10.2 Å².